The molecule has 2 aromatic rings. The van der Waals surface area contributed by atoms with Crippen LogP contribution in [0.25, 0.3) is 10.8 Å². The second-order valence-corrected chi connectivity index (χ2v) is 4.95. The number of aliphatic hydroxyl groups is 1. The van der Waals surface area contributed by atoms with E-state index in [0.717, 1.165) is 30.4 Å². The van der Waals surface area contributed by atoms with Crippen molar-refractivity contribution in [2.45, 2.75) is 31.5 Å². The van der Waals surface area contributed by atoms with E-state index in [4.69, 9.17) is 4.74 Å². The quantitative estimate of drug-likeness (QED) is 0.893. The van der Waals surface area contributed by atoms with Crippen LogP contribution in [0.15, 0.2) is 42.5 Å². The molecule has 1 saturated heterocycles. The molecule has 2 heteroatoms. The van der Waals surface area contributed by atoms with E-state index >= 15 is 0 Å². The molecule has 1 N–H and O–H groups in total. The Morgan fingerprint density at radius 3 is 2.83 bits per heavy atom. The summed E-state index contributed by atoms with van der Waals surface area (Å²) in [5, 5.41) is 12.7. The second-order valence-electron chi connectivity index (χ2n) is 4.95. The molecule has 0 aromatic heterocycles. The van der Waals surface area contributed by atoms with Crippen molar-refractivity contribution in [2.24, 2.45) is 0 Å². The fraction of sp³-hybridized carbons (Fsp3) is 0.375. The zero-order valence-electron chi connectivity index (χ0n) is 10.4. The van der Waals surface area contributed by atoms with E-state index in [2.05, 4.69) is 18.2 Å². The number of hydrogen-bond donors (Lipinski definition) is 1. The molecule has 0 saturated carbocycles. The van der Waals surface area contributed by atoms with Gasteiger partial charge in [-0.15, -0.1) is 0 Å². The van der Waals surface area contributed by atoms with E-state index in [1.54, 1.807) is 0 Å². The molecule has 0 aliphatic carbocycles. The average molecular weight is 242 g/mol. The normalized spacial score (nSPS) is 21.3. The first-order valence-corrected chi connectivity index (χ1v) is 6.62. The van der Waals surface area contributed by atoms with E-state index in [-0.39, 0.29) is 6.10 Å². The number of benzene rings is 2. The van der Waals surface area contributed by atoms with Crippen molar-refractivity contribution in [3.05, 3.63) is 48.0 Å². The molecule has 1 aliphatic heterocycles. The van der Waals surface area contributed by atoms with Crippen molar-refractivity contribution < 1.29 is 9.84 Å². The van der Waals surface area contributed by atoms with Crippen LogP contribution in [0, 0.1) is 0 Å². The Morgan fingerprint density at radius 1 is 1.17 bits per heavy atom. The number of aliphatic hydroxyl groups excluding tert-OH is 1. The second kappa shape index (κ2) is 5.09. The van der Waals surface area contributed by atoms with Crippen LogP contribution < -0.4 is 0 Å². The summed E-state index contributed by atoms with van der Waals surface area (Å²) in [5.41, 5.74) is 1.02. The molecule has 94 valence electrons. The van der Waals surface area contributed by atoms with E-state index in [9.17, 15) is 5.11 Å². The first kappa shape index (κ1) is 11.7. The van der Waals surface area contributed by atoms with Gasteiger partial charge in [-0.2, -0.15) is 0 Å². The molecule has 0 bridgehead atoms. The predicted molar refractivity (Wildman–Crippen MR) is 72.5 cm³/mol. The minimum Gasteiger partial charge on any atom is -0.388 e. The van der Waals surface area contributed by atoms with Crippen LogP contribution in [-0.4, -0.2) is 17.8 Å². The summed E-state index contributed by atoms with van der Waals surface area (Å²) in [6.07, 6.45) is 2.68. The SMILES string of the molecule is OC(CC1CCCO1)c1cccc2ccccc12. The van der Waals surface area contributed by atoms with Crippen LogP contribution in [0.1, 0.15) is 30.9 Å². The third-order valence-corrected chi connectivity index (χ3v) is 3.69. The Labute approximate surface area is 107 Å². The maximum atomic E-state index is 10.4. The Morgan fingerprint density at radius 2 is 2.00 bits per heavy atom. The van der Waals surface area contributed by atoms with E-state index < -0.39 is 6.10 Å². The molecule has 3 rings (SSSR count). The summed E-state index contributed by atoms with van der Waals surface area (Å²) in [6.45, 7) is 0.840. The van der Waals surface area contributed by atoms with Gasteiger partial charge in [0.2, 0.25) is 0 Å². The lowest BCUT2D eigenvalue weighted by Crippen LogP contribution is -2.11. The highest BCUT2D eigenvalue weighted by atomic mass is 16.5. The number of ether oxygens (including phenoxy) is 1. The third kappa shape index (κ3) is 2.26. The van der Waals surface area contributed by atoms with E-state index in [0.29, 0.717) is 6.42 Å². The maximum Gasteiger partial charge on any atom is 0.0820 e. The first-order chi connectivity index (χ1) is 8.84. The van der Waals surface area contributed by atoms with Crippen molar-refractivity contribution in [3.8, 4) is 0 Å². The zero-order valence-corrected chi connectivity index (χ0v) is 10.4. The summed E-state index contributed by atoms with van der Waals surface area (Å²) in [5.74, 6) is 0. The lowest BCUT2D eigenvalue weighted by Gasteiger charge is -2.17. The minimum atomic E-state index is -0.431. The van der Waals surface area contributed by atoms with Gasteiger partial charge in [0.1, 0.15) is 0 Å². The molecule has 2 nitrogen and oxygen atoms in total. The fourth-order valence-electron chi connectivity index (χ4n) is 2.75. The molecule has 0 radical (unpaired) electrons. The van der Waals surface area contributed by atoms with Gasteiger partial charge in [0.25, 0.3) is 0 Å². The summed E-state index contributed by atoms with van der Waals surface area (Å²) < 4.78 is 5.60. The highest BCUT2D eigenvalue weighted by molar-refractivity contribution is 5.85. The lowest BCUT2D eigenvalue weighted by molar-refractivity contribution is 0.0540. The van der Waals surface area contributed by atoms with Crippen LogP contribution in [0.2, 0.25) is 0 Å². The molecule has 18 heavy (non-hydrogen) atoms. The molecule has 2 unspecified atom stereocenters. The molecule has 0 amide bonds. The van der Waals surface area contributed by atoms with Crippen LogP contribution in [-0.2, 0) is 4.74 Å². The maximum absolute atomic E-state index is 10.4. The van der Waals surface area contributed by atoms with Gasteiger partial charge in [-0.3, -0.25) is 0 Å². The van der Waals surface area contributed by atoms with E-state index in [1.807, 2.05) is 24.3 Å². The first-order valence-electron chi connectivity index (χ1n) is 6.62. The van der Waals surface area contributed by atoms with Gasteiger partial charge < -0.3 is 9.84 Å². The van der Waals surface area contributed by atoms with Gasteiger partial charge in [0.05, 0.1) is 12.2 Å². The Balaban J connectivity index is 1.88. The van der Waals surface area contributed by atoms with E-state index in [1.165, 1.54) is 5.39 Å². The molecule has 0 spiro atoms. The number of hydrogen-bond acceptors (Lipinski definition) is 2. The van der Waals surface area contributed by atoms with Gasteiger partial charge in [-0.05, 0) is 29.2 Å². The van der Waals surface area contributed by atoms with Crippen LogP contribution in [0.4, 0.5) is 0 Å². The van der Waals surface area contributed by atoms with Gasteiger partial charge >= 0.3 is 0 Å². The van der Waals surface area contributed by atoms with Crippen molar-refractivity contribution in [1.29, 1.82) is 0 Å². The highest BCUT2D eigenvalue weighted by Crippen LogP contribution is 2.29. The monoisotopic (exact) mass is 242 g/mol. The molecule has 1 aliphatic rings. The molecule has 2 aromatic carbocycles. The Hall–Kier alpha value is -1.38. The summed E-state index contributed by atoms with van der Waals surface area (Å²) in [4.78, 5) is 0. The predicted octanol–water partition coefficient (Wildman–Crippen LogP) is 3.44. The lowest BCUT2D eigenvalue weighted by atomic mass is 9.96. The van der Waals surface area contributed by atoms with Crippen molar-refractivity contribution in [1.82, 2.24) is 0 Å². The summed E-state index contributed by atoms with van der Waals surface area (Å²) in [7, 11) is 0. The van der Waals surface area contributed by atoms with Crippen LogP contribution in [0.5, 0.6) is 0 Å². The largest absolute Gasteiger partial charge is 0.388 e. The van der Waals surface area contributed by atoms with Crippen molar-refractivity contribution >= 4 is 10.8 Å². The summed E-state index contributed by atoms with van der Waals surface area (Å²) in [6, 6.07) is 14.3. The van der Waals surface area contributed by atoms with Crippen LogP contribution >= 0.6 is 0 Å². The Bertz CT molecular complexity index is 524. The van der Waals surface area contributed by atoms with Gasteiger partial charge in [-0.25, -0.2) is 0 Å². The van der Waals surface area contributed by atoms with Crippen molar-refractivity contribution in [2.75, 3.05) is 6.61 Å². The minimum absolute atomic E-state index is 0.221. The molecule has 1 heterocycles. The number of rotatable bonds is 3. The molecule has 2 atom stereocenters. The third-order valence-electron chi connectivity index (χ3n) is 3.69. The number of fused-ring (bicyclic) bond motifs is 1. The summed E-state index contributed by atoms with van der Waals surface area (Å²) >= 11 is 0. The van der Waals surface area contributed by atoms with Gasteiger partial charge in [0, 0.05) is 13.0 Å². The standard InChI is InChI=1S/C16H18O2/c17-16(11-13-7-4-10-18-13)15-9-3-6-12-5-1-2-8-14(12)15/h1-3,5-6,8-9,13,16-17H,4,7,10-11H2. The zero-order chi connectivity index (χ0) is 12.4. The molecular formula is C16H18O2. The highest BCUT2D eigenvalue weighted by Gasteiger charge is 2.21. The fourth-order valence-corrected chi connectivity index (χ4v) is 2.75. The van der Waals surface area contributed by atoms with Gasteiger partial charge in [-0.1, -0.05) is 42.5 Å². The van der Waals surface area contributed by atoms with Crippen LogP contribution in [0.3, 0.4) is 0 Å². The molecular weight excluding hydrogens is 224 g/mol. The van der Waals surface area contributed by atoms with Gasteiger partial charge in [0.15, 0.2) is 0 Å². The Kier molecular flexibility index (Phi) is 3.31. The van der Waals surface area contributed by atoms with Crippen molar-refractivity contribution in [3.63, 3.8) is 0 Å². The molecule has 1 fully saturated rings. The topological polar surface area (TPSA) is 29.5 Å². The smallest absolute Gasteiger partial charge is 0.0820 e. The average Bonchev–Trinajstić information content (AvgIpc) is 2.91.